The SMILES string of the molecule is CCC(CC)N1CCN(c2cc(N3CCCCC3)c(CNNC(N)=S)cc2F)CC1. The van der Waals surface area contributed by atoms with Crippen LogP contribution in [0, 0.1) is 5.82 Å². The van der Waals surface area contributed by atoms with Gasteiger partial charge in [-0.3, -0.25) is 10.3 Å². The Kier molecular flexibility index (Phi) is 8.53. The summed E-state index contributed by atoms with van der Waals surface area (Å²) in [6, 6.07) is 4.38. The molecule has 1 aromatic carbocycles. The van der Waals surface area contributed by atoms with Gasteiger partial charge in [0, 0.05) is 57.5 Å². The number of nitrogens with zero attached hydrogens (tertiary/aromatic N) is 3. The maximum Gasteiger partial charge on any atom is 0.178 e. The van der Waals surface area contributed by atoms with Crippen LogP contribution < -0.4 is 26.4 Å². The van der Waals surface area contributed by atoms with Gasteiger partial charge in [-0.25, -0.2) is 9.82 Å². The number of nitrogens with two attached hydrogens (primary N) is 1. The summed E-state index contributed by atoms with van der Waals surface area (Å²) in [5.41, 5.74) is 14.0. The molecule has 0 aromatic heterocycles. The second kappa shape index (κ2) is 11.1. The first-order valence-corrected chi connectivity index (χ1v) is 11.8. The molecule has 0 aliphatic carbocycles. The highest BCUT2D eigenvalue weighted by Gasteiger charge is 2.25. The molecule has 0 amide bonds. The number of piperazine rings is 1. The molecule has 1 aromatic rings. The minimum Gasteiger partial charge on any atom is -0.375 e. The first-order chi connectivity index (χ1) is 14.5. The van der Waals surface area contributed by atoms with Crippen LogP contribution >= 0.6 is 12.2 Å². The number of thiocarbonyl (C=S) groups is 1. The lowest BCUT2D eigenvalue weighted by molar-refractivity contribution is 0.175. The molecular weight excluding hydrogens is 399 g/mol. The second-order valence-electron chi connectivity index (χ2n) is 8.32. The van der Waals surface area contributed by atoms with Crippen LogP contribution in [0.2, 0.25) is 0 Å². The molecule has 0 radical (unpaired) electrons. The molecule has 3 rings (SSSR count). The summed E-state index contributed by atoms with van der Waals surface area (Å²) in [7, 11) is 0. The molecule has 168 valence electrons. The fourth-order valence-corrected chi connectivity index (χ4v) is 4.84. The van der Waals surface area contributed by atoms with Gasteiger partial charge in [0.05, 0.1) is 5.69 Å². The van der Waals surface area contributed by atoms with E-state index >= 15 is 4.39 Å². The molecule has 4 N–H and O–H groups in total. The van der Waals surface area contributed by atoms with Crippen LogP contribution in [-0.2, 0) is 6.54 Å². The Hall–Kier alpha value is -1.64. The lowest BCUT2D eigenvalue weighted by atomic mass is 10.0. The molecule has 2 fully saturated rings. The molecule has 0 unspecified atom stereocenters. The molecule has 0 spiro atoms. The Bertz CT molecular complexity index is 697. The second-order valence-corrected chi connectivity index (χ2v) is 8.76. The van der Waals surface area contributed by atoms with Crippen molar-refractivity contribution in [2.45, 2.75) is 58.5 Å². The third-order valence-corrected chi connectivity index (χ3v) is 6.55. The van der Waals surface area contributed by atoms with Crippen molar-refractivity contribution in [2.75, 3.05) is 49.1 Å². The molecule has 8 heteroatoms. The number of hydrogen-bond donors (Lipinski definition) is 3. The van der Waals surface area contributed by atoms with Crippen molar-refractivity contribution in [3.63, 3.8) is 0 Å². The van der Waals surface area contributed by atoms with Gasteiger partial charge in [0.25, 0.3) is 0 Å². The summed E-state index contributed by atoms with van der Waals surface area (Å²) in [6.07, 6.45) is 5.97. The van der Waals surface area contributed by atoms with Crippen molar-refractivity contribution in [2.24, 2.45) is 5.73 Å². The zero-order chi connectivity index (χ0) is 21.5. The van der Waals surface area contributed by atoms with E-state index in [0.717, 1.165) is 56.2 Å². The average molecular weight is 437 g/mol. The van der Waals surface area contributed by atoms with E-state index < -0.39 is 0 Å². The van der Waals surface area contributed by atoms with Crippen LogP contribution in [0.3, 0.4) is 0 Å². The minimum atomic E-state index is -0.154. The molecule has 6 nitrogen and oxygen atoms in total. The Morgan fingerprint density at radius 3 is 2.23 bits per heavy atom. The van der Waals surface area contributed by atoms with Gasteiger partial charge in [-0.15, -0.1) is 0 Å². The summed E-state index contributed by atoms with van der Waals surface area (Å²) in [6.45, 7) is 10.7. The smallest absolute Gasteiger partial charge is 0.178 e. The number of hydrogen-bond acceptors (Lipinski definition) is 5. The molecule has 0 atom stereocenters. The fraction of sp³-hybridized carbons (Fsp3) is 0.682. The number of nitrogens with one attached hydrogen (secondary N) is 2. The van der Waals surface area contributed by atoms with Crippen LogP contribution in [0.1, 0.15) is 51.5 Å². The highest BCUT2D eigenvalue weighted by Crippen LogP contribution is 2.32. The minimum absolute atomic E-state index is 0.154. The van der Waals surface area contributed by atoms with Crippen molar-refractivity contribution in [1.82, 2.24) is 15.8 Å². The van der Waals surface area contributed by atoms with E-state index in [2.05, 4.69) is 45.5 Å². The molecule has 0 saturated carbocycles. The normalized spacial score (nSPS) is 18.1. The van der Waals surface area contributed by atoms with Gasteiger partial charge in [-0.2, -0.15) is 0 Å². The molecule has 2 aliphatic rings. The Balaban J connectivity index is 1.78. The van der Waals surface area contributed by atoms with Gasteiger partial charge in [0.15, 0.2) is 5.11 Å². The van der Waals surface area contributed by atoms with Crippen molar-refractivity contribution in [1.29, 1.82) is 0 Å². The summed E-state index contributed by atoms with van der Waals surface area (Å²) >= 11 is 4.86. The van der Waals surface area contributed by atoms with Crippen LogP contribution in [0.5, 0.6) is 0 Å². The molecular formula is C22H37FN6S. The van der Waals surface area contributed by atoms with Gasteiger partial charge in [0.1, 0.15) is 5.82 Å². The van der Waals surface area contributed by atoms with Gasteiger partial charge < -0.3 is 15.5 Å². The van der Waals surface area contributed by atoms with Crippen LogP contribution in [0.4, 0.5) is 15.8 Å². The van der Waals surface area contributed by atoms with Crippen molar-refractivity contribution in [3.05, 3.63) is 23.5 Å². The number of anilines is 2. The van der Waals surface area contributed by atoms with Gasteiger partial charge in [-0.1, -0.05) is 13.8 Å². The van der Waals surface area contributed by atoms with Crippen LogP contribution in [0.15, 0.2) is 12.1 Å². The van der Waals surface area contributed by atoms with Crippen molar-refractivity contribution < 1.29 is 4.39 Å². The molecule has 2 heterocycles. The largest absolute Gasteiger partial charge is 0.375 e. The monoisotopic (exact) mass is 436 g/mol. The number of piperidine rings is 1. The standard InChI is InChI=1S/C22H37FN6S/c1-3-18(4-2)27-10-12-29(13-11-27)21-15-20(28-8-6-5-7-9-28)17(14-19(21)23)16-25-26-22(24)30/h14-15,18,25H,3-13,16H2,1-2H3,(H3,24,26,30). The first kappa shape index (κ1) is 23.0. The predicted octanol–water partition coefficient (Wildman–Crippen LogP) is 2.96. The average Bonchev–Trinajstić information content (AvgIpc) is 2.76. The maximum absolute atomic E-state index is 15.2. The van der Waals surface area contributed by atoms with Gasteiger partial charge in [0.2, 0.25) is 0 Å². The molecule has 2 saturated heterocycles. The Morgan fingerprint density at radius 1 is 1.00 bits per heavy atom. The molecule has 2 aliphatic heterocycles. The summed E-state index contributed by atoms with van der Waals surface area (Å²) < 4.78 is 15.2. The number of benzene rings is 1. The van der Waals surface area contributed by atoms with Crippen LogP contribution in [-0.4, -0.2) is 55.3 Å². The quantitative estimate of drug-likeness (QED) is 0.428. The summed E-state index contributed by atoms with van der Waals surface area (Å²) in [4.78, 5) is 7.16. The van der Waals surface area contributed by atoms with E-state index in [4.69, 9.17) is 18.0 Å². The van der Waals surface area contributed by atoms with E-state index in [9.17, 15) is 0 Å². The van der Waals surface area contributed by atoms with Gasteiger partial charge in [-0.05, 0) is 62.0 Å². The Labute approximate surface area is 185 Å². The lowest BCUT2D eigenvalue weighted by Gasteiger charge is -2.40. The molecule has 30 heavy (non-hydrogen) atoms. The van der Waals surface area contributed by atoms with Crippen molar-refractivity contribution >= 4 is 28.7 Å². The molecule has 0 bridgehead atoms. The van der Waals surface area contributed by atoms with E-state index in [-0.39, 0.29) is 10.9 Å². The lowest BCUT2D eigenvalue weighted by Crippen LogP contribution is -2.50. The third kappa shape index (κ3) is 5.74. The Morgan fingerprint density at radius 2 is 1.63 bits per heavy atom. The van der Waals surface area contributed by atoms with E-state index in [1.807, 2.05) is 0 Å². The van der Waals surface area contributed by atoms with Gasteiger partial charge >= 0.3 is 0 Å². The first-order valence-electron chi connectivity index (χ1n) is 11.4. The number of hydrazine groups is 1. The fourth-order valence-electron chi connectivity index (χ4n) is 4.76. The number of rotatable bonds is 8. The topological polar surface area (TPSA) is 59.8 Å². The third-order valence-electron chi connectivity index (χ3n) is 6.45. The maximum atomic E-state index is 15.2. The predicted molar refractivity (Wildman–Crippen MR) is 127 cm³/mol. The highest BCUT2D eigenvalue weighted by molar-refractivity contribution is 7.80. The van der Waals surface area contributed by atoms with E-state index in [1.54, 1.807) is 6.07 Å². The summed E-state index contributed by atoms with van der Waals surface area (Å²) in [5, 5.41) is 0.182. The van der Waals surface area contributed by atoms with Crippen LogP contribution in [0.25, 0.3) is 0 Å². The summed E-state index contributed by atoms with van der Waals surface area (Å²) in [5.74, 6) is -0.154. The van der Waals surface area contributed by atoms with Crippen molar-refractivity contribution in [3.8, 4) is 0 Å². The van der Waals surface area contributed by atoms with E-state index in [0.29, 0.717) is 12.6 Å². The highest BCUT2D eigenvalue weighted by atomic mass is 32.1. The van der Waals surface area contributed by atoms with E-state index in [1.165, 1.54) is 32.1 Å². The zero-order valence-electron chi connectivity index (χ0n) is 18.4. The zero-order valence-corrected chi connectivity index (χ0v) is 19.2. The number of halogens is 1.